The monoisotopic (exact) mass is 272 g/mol. The Balaban J connectivity index is 1.82. The van der Waals surface area contributed by atoms with E-state index in [4.69, 9.17) is 4.74 Å². The van der Waals surface area contributed by atoms with Gasteiger partial charge in [-0.15, -0.1) is 0 Å². The molecule has 0 aliphatic heterocycles. The second-order valence-corrected chi connectivity index (χ2v) is 5.37. The van der Waals surface area contributed by atoms with E-state index in [1.165, 1.54) is 10.5 Å². The Hall–Kier alpha value is -2.17. The summed E-state index contributed by atoms with van der Waals surface area (Å²) in [6, 6.07) is 6.88. The molecule has 3 rings (SSSR count). The topological polar surface area (TPSA) is 60.7 Å². The molecule has 0 saturated heterocycles. The van der Waals surface area contributed by atoms with E-state index in [9.17, 15) is 9.59 Å². The zero-order valence-electron chi connectivity index (χ0n) is 11.5. The number of ether oxygens (including phenoxy) is 1. The smallest absolute Gasteiger partial charge is 0.309 e. The summed E-state index contributed by atoms with van der Waals surface area (Å²) in [5.74, 6) is 0.253. The third-order valence-electron chi connectivity index (χ3n) is 3.71. The molecule has 0 aromatic carbocycles. The number of hydrogen-bond donors (Lipinski definition) is 0. The Morgan fingerprint density at radius 2 is 2.25 bits per heavy atom. The molecule has 20 heavy (non-hydrogen) atoms. The van der Waals surface area contributed by atoms with Gasteiger partial charge in [0.2, 0.25) is 0 Å². The van der Waals surface area contributed by atoms with E-state index in [0.29, 0.717) is 17.3 Å². The van der Waals surface area contributed by atoms with Crippen LogP contribution in [0.4, 0.5) is 0 Å². The molecule has 5 nitrogen and oxygen atoms in total. The first-order valence-electron chi connectivity index (χ1n) is 6.71. The van der Waals surface area contributed by atoms with Crippen LogP contribution in [0.25, 0.3) is 5.65 Å². The summed E-state index contributed by atoms with van der Waals surface area (Å²) in [7, 11) is 0. The van der Waals surface area contributed by atoms with Gasteiger partial charge in [0.15, 0.2) is 0 Å². The summed E-state index contributed by atoms with van der Waals surface area (Å²) in [6.07, 6.45) is 0.895. The Kier molecular flexibility index (Phi) is 3.04. The number of aryl methyl sites for hydroxylation is 1. The fraction of sp³-hybridized carbons (Fsp3) is 0.400. The summed E-state index contributed by atoms with van der Waals surface area (Å²) in [5.41, 5.74) is 1.74. The highest BCUT2D eigenvalue weighted by atomic mass is 16.5. The van der Waals surface area contributed by atoms with Crippen molar-refractivity contribution in [2.75, 3.05) is 0 Å². The van der Waals surface area contributed by atoms with Crippen LogP contribution in [-0.4, -0.2) is 15.4 Å². The molecule has 0 bridgehead atoms. The Bertz CT molecular complexity index is 735. The van der Waals surface area contributed by atoms with Gasteiger partial charge >= 0.3 is 5.97 Å². The number of pyridine rings is 1. The molecule has 0 spiro atoms. The van der Waals surface area contributed by atoms with Crippen molar-refractivity contribution in [1.82, 2.24) is 9.38 Å². The summed E-state index contributed by atoms with van der Waals surface area (Å²) in [4.78, 5) is 28.1. The summed E-state index contributed by atoms with van der Waals surface area (Å²) in [6.45, 7) is 3.93. The Labute approximate surface area is 116 Å². The maximum Gasteiger partial charge on any atom is 0.309 e. The lowest BCUT2D eigenvalue weighted by atomic mass is 10.3. The van der Waals surface area contributed by atoms with Crippen LogP contribution in [0, 0.1) is 18.8 Å². The van der Waals surface area contributed by atoms with Crippen molar-refractivity contribution in [3.8, 4) is 0 Å². The molecule has 2 atom stereocenters. The van der Waals surface area contributed by atoms with Gasteiger partial charge in [0.25, 0.3) is 5.56 Å². The minimum absolute atomic E-state index is 0.0267. The number of carbonyl (C=O) groups is 1. The lowest BCUT2D eigenvalue weighted by Crippen LogP contribution is -2.18. The van der Waals surface area contributed by atoms with Gasteiger partial charge < -0.3 is 4.74 Å². The molecular weight excluding hydrogens is 256 g/mol. The summed E-state index contributed by atoms with van der Waals surface area (Å²) in [5, 5.41) is 0. The number of aromatic nitrogens is 2. The third-order valence-corrected chi connectivity index (χ3v) is 3.71. The lowest BCUT2D eigenvalue weighted by molar-refractivity contribution is -0.147. The van der Waals surface area contributed by atoms with Crippen molar-refractivity contribution in [3.05, 3.63) is 46.0 Å². The number of fused-ring (bicyclic) bond motifs is 1. The number of esters is 1. The van der Waals surface area contributed by atoms with Gasteiger partial charge in [0.05, 0.1) is 11.6 Å². The maximum atomic E-state index is 12.0. The average molecular weight is 272 g/mol. The van der Waals surface area contributed by atoms with E-state index in [-0.39, 0.29) is 24.1 Å². The van der Waals surface area contributed by atoms with Crippen LogP contribution in [0.5, 0.6) is 0 Å². The number of hydrogen-bond acceptors (Lipinski definition) is 4. The van der Waals surface area contributed by atoms with Crippen LogP contribution >= 0.6 is 0 Å². The van der Waals surface area contributed by atoms with Crippen molar-refractivity contribution in [2.24, 2.45) is 11.8 Å². The third kappa shape index (κ3) is 2.31. The van der Waals surface area contributed by atoms with Gasteiger partial charge in [0, 0.05) is 11.8 Å². The van der Waals surface area contributed by atoms with Crippen molar-refractivity contribution < 1.29 is 9.53 Å². The molecule has 1 fully saturated rings. The largest absolute Gasteiger partial charge is 0.459 e. The predicted octanol–water partition coefficient (Wildman–Crippen LogP) is 1.70. The molecular formula is C15H16N2O3. The Morgan fingerprint density at radius 3 is 2.95 bits per heavy atom. The van der Waals surface area contributed by atoms with E-state index in [0.717, 1.165) is 12.1 Å². The molecule has 0 N–H and O–H groups in total. The standard InChI is InChI=1S/C15H16N2O3/c1-9-6-12(9)15(19)20-8-11-7-14(18)17-10(2)4-3-5-13(17)16-11/h3-5,7,9,12H,6,8H2,1-2H3/t9-,12+/m1/s1. The first-order valence-corrected chi connectivity index (χ1v) is 6.71. The average Bonchev–Trinajstić information content (AvgIpc) is 3.13. The highest BCUT2D eigenvalue weighted by Crippen LogP contribution is 2.38. The van der Waals surface area contributed by atoms with Gasteiger partial charge in [-0.05, 0) is 31.4 Å². The second-order valence-electron chi connectivity index (χ2n) is 5.37. The highest BCUT2D eigenvalue weighted by molar-refractivity contribution is 5.75. The van der Waals surface area contributed by atoms with Crippen molar-refractivity contribution >= 4 is 11.6 Å². The van der Waals surface area contributed by atoms with E-state index < -0.39 is 0 Å². The molecule has 1 saturated carbocycles. The van der Waals surface area contributed by atoms with Crippen LogP contribution in [0.2, 0.25) is 0 Å². The van der Waals surface area contributed by atoms with Crippen molar-refractivity contribution in [2.45, 2.75) is 26.9 Å². The van der Waals surface area contributed by atoms with Gasteiger partial charge in [-0.25, -0.2) is 4.98 Å². The van der Waals surface area contributed by atoms with Crippen LogP contribution in [0.15, 0.2) is 29.1 Å². The van der Waals surface area contributed by atoms with Crippen molar-refractivity contribution in [1.29, 1.82) is 0 Å². The molecule has 1 aliphatic carbocycles. The summed E-state index contributed by atoms with van der Waals surface area (Å²) < 4.78 is 6.74. The lowest BCUT2D eigenvalue weighted by Gasteiger charge is -2.07. The number of rotatable bonds is 3. The predicted molar refractivity (Wildman–Crippen MR) is 73.3 cm³/mol. The second kappa shape index (κ2) is 4.74. The zero-order valence-corrected chi connectivity index (χ0v) is 11.5. The van der Waals surface area contributed by atoms with Crippen LogP contribution in [0.1, 0.15) is 24.7 Å². The SMILES string of the molecule is Cc1cccc2nc(COC(=O)[C@H]3C[C@H]3C)cc(=O)n12. The van der Waals surface area contributed by atoms with Crippen LogP contribution in [0.3, 0.4) is 0 Å². The summed E-state index contributed by atoms with van der Waals surface area (Å²) >= 11 is 0. The van der Waals surface area contributed by atoms with Gasteiger partial charge in [-0.2, -0.15) is 0 Å². The molecule has 104 valence electrons. The number of nitrogens with zero attached hydrogens (tertiary/aromatic N) is 2. The van der Waals surface area contributed by atoms with E-state index in [2.05, 4.69) is 4.98 Å². The molecule has 0 unspecified atom stereocenters. The molecule has 0 radical (unpaired) electrons. The van der Waals surface area contributed by atoms with Crippen LogP contribution in [-0.2, 0) is 16.1 Å². The van der Waals surface area contributed by atoms with Crippen LogP contribution < -0.4 is 5.56 Å². The van der Waals surface area contributed by atoms with E-state index in [1.54, 1.807) is 6.07 Å². The molecule has 5 heteroatoms. The number of carbonyl (C=O) groups excluding carboxylic acids is 1. The van der Waals surface area contributed by atoms with Gasteiger partial charge in [-0.3, -0.25) is 14.0 Å². The molecule has 2 aromatic heterocycles. The first-order chi connectivity index (χ1) is 9.56. The molecule has 1 aliphatic rings. The zero-order chi connectivity index (χ0) is 14.3. The fourth-order valence-electron chi connectivity index (χ4n) is 2.34. The van der Waals surface area contributed by atoms with Gasteiger partial charge in [0.1, 0.15) is 12.3 Å². The Morgan fingerprint density at radius 1 is 1.50 bits per heavy atom. The van der Waals surface area contributed by atoms with Crippen molar-refractivity contribution in [3.63, 3.8) is 0 Å². The minimum Gasteiger partial charge on any atom is -0.459 e. The minimum atomic E-state index is -0.191. The molecule has 2 heterocycles. The highest BCUT2D eigenvalue weighted by Gasteiger charge is 2.40. The maximum absolute atomic E-state index is 12.0. The van der Waals surface area contributed by atoms with E-state index in [1.807, 2.05) is 26.0 Å². The van der Waals surface area contributed by atoms with Gasteiger partial charge in [-0.1, -0.05) is 13.0 Å². The normalized spacial score (nSPS) is 20.9. The molecule has 0 amide bonds. The molecule has 2 aromatic rings. The van der Waals surface area contributed by atoms with E-state index >= 15 is 0 Å². The quantitative estimate of drug-likeness (QED) is 0.798. The first kappa shape index (κ1) is 12.8. The fourth-order valence-corrected chi connectivity index (χ4v) is 2.34.